The van der Waals surface area contributed by atoms with E-state index in [0.717, 1.165) is 53.3 Å². The van der Waals surface area contributed by atoms with E-state index in [9.17, 15) is 4.79 Å². The van der Waals surface area contributed by atoms with Crippen LogP contribution < -0.4 is 0 Å². The van der Waals surface area contributed by atoms with Crippen molar-refractivity contribution in [3.63, 3.8) is 0 Å². The molecule has 0 spiro atoms. The number of carbonyl (C=O) groups excluding carboxylic acids is 1. The predicted molar refractivity (Wildman–Crippen MR) is 150 cm³/mol. The number of hydrogen-bond donors (Lipinski definition) is 2. The van der Waals surface area contributed by atoms with Crippen molar-refractivity contribution in [2.24, 2.45) is 5.41 Å². The summed E-state index contributed by atoms with van der Waals surface area (Å²) in [6.07, 6.45) is 5.68. The summed E-state index contributed by atoms with van der Waals surface area (Å²) in [5.74, 6) is 0.0185. The Kier molecular flexibility index (Phi) is 4.62. The van der Waals surface area contributed by atoms with Gasteiger partial charge in [-0.05, 0) is 35.7 Å². The number of thiophene rings is 1. The van der Waals surface area contributed by atoms with Crippen LogP contribution in [0.5, 0.6) is 0 Å². The molecule has 6 heterocycles. The molecular formula is C28H23N7OS. The lowest BCUT2D eigenvalue weighted by molar-refractivity contribution is 0.0867. The zero-order valence-corrected chi connectivity index (χ0v) is 21.3. The molecule has 0 saturated heterocycles. The number of fused-ring (bicyclic) bond motifs is 9. The van der Waals surface area contributed by atoms with Crippen LogP contribution in [0.25, 0.3) is 64.4 Å². The summed E-state index contributed by atoms with van der Waals surface area (Å²) in [5, 5.41) is 10.4. The number of nitrogens with one attached hydrogen (secondary N) is 2. The minimum atomic E-state index is -0.166. The molecular weight excluding hydrogens is 482 g/mol. The van der Waals surface area contributed by atoms with E-state index in [0.29, 0.717) is 17.6 Å². The molecule has 8 nitrogen and oxygen atoms in total. The summed E-state index contributed by atoms with van der Waals surface area (Å²) < 4.78 is 2.81. The summed E-state index contributed by atoms with van der Waals surface area (Å²) >= 11 is 1.57. The van der Waals surface area contributed by atoms with Gasteiger partial charge in [0, 0.05) is 33.5 Å². The van der Waals surface area contributed by atoms with Crippen LogP contribution >= 0.6 is 11.3 Å². The van der Waals surface area contributed by atoms with Crippen molar-refractivity contribution in [1.82, 2.24) is 34.7 Å². The van der Waals surface area contributed by atoms with Gasteiger partial charge in [-0.15, -0.1) is 11.3 Å². The third kappa shape index (κ3) is 3.62. The van der Waals surface area contributed by atoms with Gasteiger partial charge >= 0.3 is 0 Å². The van der Waals surface area contributed by atoms with Gasteiger partial charge < -0.3 is 4.98 Å². The molecule has 7 aromatic rings. The number of rotatable bonds is 1. The second kappa shape index (κ2) is 7.81. The summed E-state index contributed by atoms with van der Waals surface area (Å²) in [6.45, 7) is 6.22. The van der Waals surface area contributed by atoms with E-state index in [4.69, 9.17) is 4.98 Å². The van der Waals surface area contributed by atoms with Crippen molar-refractivity contribution >= 4 is 81.7 Å². The monoisotopic (exact) mass is 505 g/mol. The smallest absolute Gasteiger partial charge is 0.232 e. The van der Waals surface area contributed by atoms with Crippen molar-refractivity contribution < 1.29 is 4.79 Å². The zero-order chi connectivity index (χ0) is 25.3. The predicted octanol–water partition coefficient (Wildman–Crippen LogP) is 6.91. The third-order valence-electron chi connectivity index (χ3n) is 6.47. The van der Waals surface area contributed by atoms with E-state index in [1.807, 2.05) is 30.3 Å². The fourth-order valence-electron chi connectivity index (χ4n) is 4.81. The number of aromatic amines is 2. The van der Waals surface area contributed by atoms with Crippen LogP contribution in [0.2, 0.25) is 0 Å². The highest BCUT2D eigenvalue weighted by atomic mass is 32.1. The number of benzene rings is 1. The van der Waals surface area contributed by atoms with Crippen LogP contribution in [0.3, 0.4) is 0 Å². The average Bonchev–Trinajstić information content (AvgIpc) is 3.60. The van der Waals surface area contributed by atoms with Gasteiger partial charge in [-0.3, -0.25) is 24.4 Å². The SMILES string of the molecule is CC(C)(C)CC(=O)n1c2cncc(c2)c2cc3c(cn2)[nH]nc3c2nc3c(cccc3c3ccc1s3)[nH]2. The molecule has 0 fully saturated rings. The Morgan fingerprint density at radius 3 is 2.76 bits per heavy atom. The molecule has 6 aromatic heterocycles. The Morgan fingerprint density at radius 2 is 1.89 bits per heavy atom. The van der Waals surface area contributed by atoms with E-state index < -0.39 is 0 Å². The molecule has 8 bridgehead atoms. The fourth-order valence-corrected chi connectivity index (χ4v) is 5.88. The number of pyridine rings is 2. The Hall–Kier alpha value is -4.37. The number of carbonyl (C=O) groups is 1. The largest absolute Gasteiger partial charge is 0.337 e. The van der Waals surface area contributed by atoms with Gasteiger partial charge in [0.25, 0.3) is 0 Å². The minimum absolute atomic E-state index is 0.0185. The van der Waals surface area contributed by atoms with Gasteiger partial charge in [-0.2, -0.15) is 5.10 Å². The molecule has 0 radical (unpaired) electrons. The molecule has 7 rings (SSSR count). The lowest BCUT2D eigenvalue weighted by Crippen LogP contribution is -2.19. The number of hydrogen-bond acceptors (Lipinski definition) is 6. The van der Waals surface area contributed by atoms with E-state index >= 15 is 0 Å². The molecule has 2 N–H and O–H groups in total. The van der Waals surface area contributed by atoms with Crippen molar-refractivity contribution in [3.05, 3.63) is 61.1 Å². The lowest BCUT2D eigenvalue weighted by atomic mass is 9.92. The molecule has 1 aromatic carbocycles. The van der Waals surface area contributed by atoms with Gasteiger partial charge in [-0.25, -0.2) is 4.98 Å². The number of nitrogens with zero attached hydrogens (tertiary/aromatic N) is 5. The first-order valence-corrected chi connectivity index (χ1v) is 12.9. The fraction of sp³-hybridized carbons (Fsp3) is 0.179. The van der Waals surface area contributed by atoms with Gasteiger partial charge in [0.05, 0.1) is 40.0 Å². The normalized spacial score (nSPS) is 12.4. The van der Waals surface area contributed by atoms with Gasteiger partial charge in [0.15, 0.2) is 5.65 Å². The highest BCUT2D eigenvalue weighted by Crippen LogP contribution is 2.31. The van der Waals surface area contributed by atoms with Crippen molar-refractivity contribution in [1.29, 1.82) is 0 Å². The van der Waals surface area contributed by atoms with Gasteiger partial charge in [-0.1, -0.05) is 32.9 Å². The maximum Gasteiger partial charge on any atom is 0.232 e. The zero-order valence-electron chi connectivity index (χ0n) is 20.5. The second-order valence-electron chi connectivity index (χ2n) is 10.5. The summed E-state index contributed by atoms with van der Waals surface area (Å²) in [6, 6.07) is 14.1. The summed E-state index contributed by atoms with van der Waals surface area (Å²) in [7, 11) is 0. The highest BCUT2D eigenvalue weighted by molar-refractivity contribution is 7.24. The summed E-state index contributed by atoms with van der Waals surface area (Å²) in [4.78, 5) is 32.2. The van der Waals surface area contributed by atoms with Crippen molar-refractivity contribution in [2.45, 2.75) is 27.2 Å². The Balaban J connectivity index is 1.72. The van der Waals surface area contributed by atoms with Crippen LogP contribution in [0.15, 0.2) is 61.1 Å². The lowest BCUT2D eigenvalue weighted by Gasteiger charge is -2.18. The molecule has 0 aliphatic carbocycles. The molecule has 0 saturated carbocycles. The first kappa shape index (κ1) is 21.9. The van der Waals surface area contributed by atoms with Crippen LogP contribution in [0, 0.1) is 5.41 Å². The standard InChI is InChI=1S/C28H23N7OS/c1-28(2,3)11-23(36)35-16-9-15(12-29-13-16)20-10-18-21(14-30-20)33-34-26(18)27-31-19-6-4-5-17(25(19)32-27)22-7-8-24(35)37-22/h4-10,12-14H,11H2,1-3H3,(H,31,32)(H,33,34). The molecule has 0 aliphatic rings. The van der Waals surface area contributed by atoms with Crippen molar-refractivity contribution in [3.8, 4) is 0 Å². The molecule has 9 heteroatoms. The Morgan fingerprint density at radius 1 is 1.00 bits per heavy atom. The Bertz CT molecular complexity index is 2090. The third-order valence-corrected chi connectivity index (χ3v) is 7.57. The van der Waals surface area contributed by atoms with Gasteiger partial charge in [0.1, 0.15) is 10.3 Å². The molecule has 182 valence electrons. The molecule has 0 aliphatic heterocycles. The molecule has 37 heavy (non-hydrogen) atoms. The minimum Gasteiger partial charge on any atom is -0.337 e. The van der Waals surface area contributed by atoms with E-state index in [1.54, 1.807) is 34.5 Å². The number of aromatic nitrogens is 7. The van der Waals surface area contributed by atoms with Crippen LogP contribution in [-0.2, 0) is 0 Å². The quantitative estimate of drug-likeness (QED) is 0.252. The van der Waals surface area contributed by atoms with E-state index in [1.165, 1.54) is 0 Å². The maximum atomic E-state index is 13.7. The van der Waals surface area contributed by atoms with Crippen LogP contribution in [0.4, 0.5) is 0 Å². The molecule has 0 unspecified atom stereocenters. The first-order chi connectivity index (χ1) is 17.8. The topological polar surface area (TPSA) is 105 Å². The van der Waals surface area contributed by atoms with E-state index in [-0.39, 0.29) is 11.3 Å². The second-order valence-corrected chi connectivity index (χ2v) is 11.6. The van der Waals surface area contributed by atoms with Crippen molar-refractivity contribution in [2.75, 3.05) is 0 Å². The van der Waals surface area contributed by atoms with Gasteiger partial charge in [0.2, 0.25) is 5.91 Å². The molecule has 0 atom stereocenters. The Labute approximate surface area is 214 Å². The summed E-state index contributed by atoms with van der Waals surface area (Å²) in [5.41, 5.74) is 5.31. The average molecular weight is 506 g/mol. The van der Waals surface area contributed by atoms with Crippen LogP contribution in [-0.4, -0.2) is 40.6 Å². The highest BCUT2D eigenvalue weighted by Gasteiger charge is 2.19. The number of H-pyrrole nitrogens is 2. The van der Waals surface area contributed by atoms with Crippen LogP contribution in [0.1, 0.15) is 32.0 Å². The molecule has 0 amide bonds. The maximum absolute atomic E-state index is 13.7. The number of imidazole rings is 1. The first-order valence-electron chi connectivity index (χ1n) is 12.1. The number of para-hydroxylation sites is 1. The van der Waals surface area contributed by atoms with E-state index in [2.05, 4.69) is 58.1 Å².